The molecule has 0 saturated carbocycles. The summed E-state index contributed by atoms with van der Waals surface area (Å²) in [6.45, 7) is 0. The third kappa shape index (κ3) is 3.29. The molecule has 0 saturated heterocycles. The van der Waals surface area contributed by atoms with Crippen molar-refractivity contribution in [1.82, 2.24) is 0 Å². The molecule has 0 amide bonds. The molecule has 0 unspecified atom stereocenters. The van der Waals surface area contributed by atoms with Crippen LogP contribution in [0.2, 0.25) is 0 Å². The smallest absolute Gasteiger partial charge is 0.131 e. The van der Waals surface area contributed by atoms with E-state index in [9.17, 15) is 0 Å². The van der Waals surface area contributed by atoms with E-state index >= 15 is 0 Å². The topological polar surface area (TPSA) is 34.1 Å². The summed E-state index contributed by atoms with van der Waals surface area (Å²) in [6.07, 6.45) is 1.77. The predicted octanol–water partition coefficient (Wildman–Crippen LogP) is 3.17. The van der Waals surface area contributed by atoms with Gasteiger partial charge in [-0.05, 0) is 24.3 Å². The quantitative estimate of drug-likeness (QED) is 0.618. The van der Waals surface area contributed by atoms with Gasteiger partial charge in [0.15, 0.2) is 0 Å². The Balaban J connectivity index is 2.19. The summed E-state index contributed by atoms with van der Waals surface area (Å²) in [4.78, 5) is 0. The Morgan fingerprint density at radius 2 is 1.75 bits per heavy atom. The van der Waals surface area contributed by atoms with Crippen molar-refractivity contribution in [2.24, 2.45) is 5.10 Å². The fraction of sp³-hybridized carbons (Fsp3) is 0.188. The molecule has 0 heterocycles. The largest absolute Gasteiger partial charge is 0.497 e. The van der Waals surface area contributed by atoms with E-state index in [4.69, 9.17) is 9.47 Å². The number of nitrogens with zero attached hydrogens (tertiary/aromatic N) is 2. The lowest BCUT2D eigenvalue weighted by molar-refractivity contribution is 0.394. The number of para-hydroxylation sites is 1. The lowest BCUT2D eigenvalue weighted by Gasteiger charge is -2.13. The van der Waals surface area contributed by atoms with Gasteiger partial charge in [0.05, 0.1) is 26.1 Å². The van der Waals surface area contributed by atoms with Crippen LogP contribution in [0.3, 0.4) is 0 Å². The summed E-state index contributed by atoms with van der Waals surface area (Å²) >= 11 is 0. The Hall–Kier alpha value is -2.49. The van der Waals surface area contributed by atoms with Crippen LogP contribution in [0.4, 0.5) is 5.69 Å². The minimum Gasteiger partial charge on any atom is -0.497 e. The second-order valence-electron chi connectivity index (χ2n) is 4.21. The summed E-state index contributed by atoms with van der Waals surface area (Å²) in [5.41, 5.74) is 1.92. The molecule has 4 nitrogen and oxygen atoms in total. The molecule has 0 N–H and O–H groups in total. The molecule has 0 aromatic heterocycles. The molecule has 104 valence electrons. The number of hydrogen-bond donors (Lipinski definition) is 0. The van der Waals surface area contributed by atoms with Crippen molar-refractivity contribution in [3.05, 3.63) is 54.1 Å². The van der Waals surface area contributed by atoms with Gasteiger partial charge in [0.2, 0.25) is 0 Å². The van der Waals surface area contributed by atoms with Crippen LogP contribution in [0, 0.1) is 0 Å². The first kappa shape index (κ1) is 13.9. The molecule has 0 fully saturated rings. The first-order valence-electron chi connectivity index (χ1n) is 6.29. The molecule has 0 atom stereocenters. The molecule has 2 aromatic carbocycles. The van der Waals surface area contributed by atoms with Gasteiger partial charge >= 0.3 is 0 Å². The second kappa shape index (κ2) is 6.61. The van der Waals surface area contributed by atoms with E-state index in [2.05, 4.69) is 5.10 Å². The Morgan fingerprint density at radius 3 is 2.40 bits per heavy atom. The number of rotatable bonds is 5. The number of methoxy groups -OCH3 is 2. The molecule has 0 aliphatic rings. The van der Waals surface area contributed by atoms with Gasteiger partial charge in [-0.25, -0.2) is 0 Å². The van der Waals surface area contributed by atoms with Crippen LogP contribution in [0.1, 0.15) is 5.56 Å². The van der Waals surface area contributed by atoms with Gasteiger partial charge in [0, 0.05) is 18.7 Å². The minimum atomic E-state index is 0.731. The fourth-order valence-corrected chi connectivity index (χ4v) is 1.78. The van der Waals surface area contributed by atoms with Gasteiger partial charge in [-0.2, -0.15) is 5.10 Å². The average molecular weight is 270 g/mol. The first-order chi connectivity index (χ1) is 9.74. The number of hydrogen-bond acceptors (Lipinski definition) is 4. The van der Waals surface area contributed by atoms with Crippen LogP contribution in [-0.4, -0.2) is 27.5 Å². The van der Waals surface area contributed by atoms with Crippen LogP contribution < -0.4 is 14.5 Å². The lowest BCUT2D eigenvalue weighted by Crippen LogP contribution is -2.08. The van der Waals surface area contributed by atoms with Gasteiger partial charge in [-0.3, -0.25) is 5.01 Å². The van der Waals surface area contributed by atoms with Crippen molar-refractivity contribution in [2.45, 2.75) is 0 Å². The zero-order chi connectivity index (χ0) is 14.4. The Kier molecular flexibility index (Phi) is 4.60. The second-order valence-corrected chi connectivity index (χ2v) is 4.21. The van der Waals surface area contributed by atoms with E-state index in [0.717, 1.165) is 22.7 Å². The normalized spacial score (nSPS) is 10.6. The molecule has 4 heteroatoms. The lowest BCUT2D eigenvalue weighted by atomic mass is 10.2. The fourth-order valence-electron chi connectivity index (χ4n) is 1.78. The molecule has 0 bridgehead atoms. The monoisotopic (exact) mass is 270 g/mol. The molecule has 20 heavy (non-hydrogen) atoms. The molecule has 0 aliphatic heterocycles. The van der Waals surface area contributed by atoms with Gasteiger partial charge in [-0.15, -0.1) is 0 Å². The van der Waals surface area contributed by atoms with Gasteiger partial charge in [0.25, 0.3) is 0 Å². The highest BCUT2D eigenvalue weighted by atomic mass is 16.5. The van der Waals surface area contributed by atoms with Crippen molar-refractivity contribution in [2.75, 3.05) is 26.3 Å². The number of anilines is 1. The van der Waals surface area contributed by atoms with E-state index in [-0.39, 0.29) is 0 Å². The third-order valence-corrected chi connectivity index (χ3v) is 2.94. The Morgan fingerprint density at radius 1 is 1.00 bits per heavy atom. The van der Waals surface area contributed by atoms with E-state index in [1.165, 1.54) is 0 Å². The van der Waals surface area contributed by atoms with Crippen LogP contribution in [-0.2, 0) is 0 Å². The van der Waals surface area contributed by atoms with Crippen LogP contribution >= 0.6 is 0 Å². The van der Waals surface area contributed by atoms with Gasteiger partial charge in [0.1, 0.15) is 11.5 Å². The molecule has 2 rings (SSSR count). The predicted molar refractivity (Wildman–Crippen MR) is 82.0 cm³/mol. The maximum atomic E-state index is 5.34. The highest BCUT2D eigenvalue weighted by Gasteiger charge is 2.03. The van der Waals surface area contributed by atoms with E-state index in [1.54, 1.807) is 20.4 Å². The van der Waals surface area contributed by atoms with Crippen LogP contribution in [0.25, 0.3) is 0 Å². The van der Waals surface area contributed by atoms with Crippen molar-refractivity contribution < 1.29 is 9.47 Å². The van der Waals surface area contributed by atoms with E-state index < -0.39 is 0 Å². The SMILES string of the molecule is COc1ccc(/C=N\N(C)c2ccccc2)c(OC)c1. The molecule has 0 radical (unpaired) electrons. The molecular formula is C16H18N2O2. The Bertz CT molecular complexity index is 582. The van der Waals surface area contributed by atoms with Crippen molar-refractivity contribution >= 4 is 11.9 Å². The Labute approximate surface area is 119 Å². The van der Waals surface area contributed by atoms with Crippen molar-refractivity contribution in [3.8, 4) is 11.5 Å². The minimum absolute atomic E-state index is 0.731. The highest BCUT2D eigenvalue weighted by Crippen LogP contribution is 2.23. The standard InChI is InChI=1S/C16H18N2O2/c1-18(14-7-5-4-6-8-14)17-12-13-9-10-15(19-2)11-16(13)20-3/h4-12H,1-3H3/b17-12-. The summed E-state index contributed by atoms with van der Waals surface area (Å²) in [7, 11) is 5.17. The maximum Gasteiger partial charge on any atom is 0.131 e. The molecular weight excluding hydrogens is 252 g/mol. The molecule has 0 aliphatic carbocycles. The van der Waals surface area contributed by atoms with Gasteiger partial charge < -0.3 is 9.47 Å². The zero-order valence-corrected chi connectivity index (χ0v) is 11.9. The van der Waals surface area contributed by atoms with Crippen LogP contribution in [0.5, 0.6) is 11.5 Å². The number of ether oxygens (including phenoxy) is 2. The third-order valence-electron chi connectivity index (χ3n) is 2.94. The zero-order valence-electron chi connectivity index (χ0n) is 11.9. The van der Waals surface area contributed by atoms with Crippen molar-refractivity contribution in [3.63, 3.8) is 0 Å². The average Bonchev–Trinajstić information content (AvgIpc) is 2.53. The summed E-state index contributed by atoms with van der Waals surface area (Å²) in [5.74, 6) is 1.49. The number of benzene rings is 2. The molecule has 0 spiro atoms. The molecule has 2 aromatic rings. The summed E-state index contributed by atoms with van der Waals surface area (Å²) < 4.78 is 10.5. The highest BCUT2D eigenvalue weighted by molar-refractivity contribution is 5.84. The van der Waals surface area contributed by atoms with Gasteiger partial charge in [-0.1, -0.05) is 18.2 Å². The maximum absolute atomic E-state index is 5.34. The summed E-state index contributed by atoms with van der Waals surface area (Å²) in [6, 6.07) is 15.6. The van der Waals surface area contributed by atoms with E-state index in [1.807, 2.05) is 60.6 Å². The first-order valence-corrected chi connectivity index (χ1v) is 6.29. The number of hydrazone groups is 1. The van der Waals surface area contributed by atoms with E-state index in [0.29, 0.717) is 0 Å². The van der Waals surface area contributed by atoms with Crippen LogP contribution in [0.15, 0.2) is 53.6 Å². The summed E-state index contributed by atoms with van der Waals surface area (Å²) in [5, 5.41) is 6.23. The van der Waals surface area contributed by atoms with Crippen molar-refractivity contribution in [1.29, 1.82) is 0 Å².